The van der Waals surface area contributed by atoms with Gasteiger partial charge >= 0.3 is 0 Å². The predicted molar refractivity (Wildman–Crippen MR) is 93.6 cm³/mol. The minimum atomic E-state index is 0.450. The molecule has 0 aliphatic rings. The third-order valence-corrected chi connectivity index (χ3v) is 3.63. The van der Waals surface area contributed by atoms with Gasteiger partial charge in [-0.15, -0.1) is 0 Å². The van der Waals surface area contributed by atoms with Crippen LogP contribution in [0, 0.1) is 11.7 Å². The number of aromatic nitrogens is 3. The first kappa shape index (κ1) is 15.2. The minimum absolute atomic E-state index is 0.450. The third kappa shape index (κ3) is 3.37. The largest absolute Gasteiger partial charge is 0.497 e. The average molecular weight is 324 g/mol. The van der Waals surface area contributed by atoms with Crippen LogP contribution in [0.5, 0.6) is 5.75 Å². The summed E-state index contributed by atoms with van der Waals surface area (Å²) < 4.78 is 7.22. The smallest absolute Gasteiger partial charge is 0.216 e. The number of nitrogens with one attached hydrogen (secondary N) is 1. The summed E-state index contributed by atoms with van der Waals surface area (Å²) in [6.45, 7) is 2.04. The molecule has 0 spiro atoms. The molecule has 0 atom stereocenters. The van der Waals surface area contributed by atoms with Crippen molar-refractivity contribution < 1.29 is 4.74 Å². The molecule has 0 bridgehead atoms. The Hall–Kier alpha value is -2.73. The number of hydrogen-bond acceptors (Lipinski definition) is 4. The summed E-state index contributed by atoms with van der Waals surface area (Å²) in [5, 5.41) is 11.5. The molecular formula is C17H16N4OS. The van der Waals surface area contributed by atoms with Crippen molar-refractivity contribution in [1.29, 1.82) is 0 Å². The Morgan fingerprint density at radius 1 is 1.22 bits per heavy atom. The van der Waals surface area contributed by atoms with Crippen LogP contribution in [0.15, 0.2) is 53.6 Å². The maximum atomic E-state index is 5.27. The zero-order valence-electron chi connectivity index (χ0n) is 12.9. The van der Waals surface area contributed by atoms with Gasteiger partial charge in [-0.2, -0.15) is 14.9 Å². The fourth-order valence-electron chi connectivity index (χ4n) is 2.18. The van der Waals surface area contributed by atoms with Gasteiger partial charge in [0.15, 0.2) is 5.82 Å². The van der Waals surface area contributed by atoms with Crippen LogP contribution in [0.3, 0.4) is 0 Å². The number of benzene rings is 2. The van der Waals surface area contributed by atoms with Gasteiger partial charge in [-0.25, -0.2) is 5.10 Å². The van der Waals surface area contributed by atoms with Crippen molar-refractivity contribution in [3.8, 4) is 17.1 Å². The molecule has 0 saturated carbocycles. The molecule has 2 aromatic carbocycles. The second-order valence-corrected chi connectivity index (χ2v) is 5.44. The van der Waals surface area contributed by atoms with Crippen molar-refractivity contribution in [1.82, 2.24) is 14.9 Å². The summed E-state index contributed by atoms with van der Waals surface area (Å²) in [7, 11) is 1.64. The Balaban J connectivity index is 1.95. The highest BCUT2D eigenvalue weighted by Gasteiger charge is 2.07. The molecule has 1 aromatic heterocycles. The molecule has 3 aromatic rings. The minimum Gasteiger partial charge on any atom is -0.497 e. The highest BCUT2D eigenvalue weighted by atomic mass is 32.1. The molecule has 0 amide bonds. The summed E-state index contributed by atoms with van der Waals surface area (Å²) in [5.41, 5.74) is 3.07. The van der Waals surface area contributed by atoms with E-state index in [4.69, 9.17) is 17.0 Å². The van der Waals surface area contributed by atoms with Crippen LogP contribution in [0.1, 0.15) is 11.1 Å². The van der Waals surface area contributed by atoms with E-state index in [-0.39, 0.29) is 0 Å². The van der Waals surface area contributed by atoms with Gasteiger partial charge in [0.25, 0.3) is 0 Å². The van der Waals surface area contributed by atoms with E-state index >= 15 is 0 Å². The van der Waals surface area contributed by atoms with E-state index in [9.17, 15) is 0 Å². The molecule has 0 saturated heterocycles. The molecule has 0 aliphatic heterocycles. The maximum absolute atomic E-state index is 5.27. The van der Waals surface area contributed by atoms with Crippen LogP contribution in [0.2, 0.25) is 0 Å². The second kappa shape index (κ2) is 6.58. The monoisotopic (exact) mass is 324 g/mol. The molecule has 116 valence electrons. The van der Waals surface area contributed by atoms with Crippen molar-refractivity contribution >= 4 is 18.4 Å². The molecule has 1 N–H and O–H groups in total. The van der Waals surface area contributed by atoms with Crippen molar-refractivity contribution in [2.75, 3.05) is 7.11 Å². The van der Waals surface area contributed by atoms with Crippen molar-refractivity contribution in [3.05, 3.63) is 64.4 Å². The van der Waals surface area contributed by atoms with E-state index in [1.807, 2.05) is 55.5 Å². The molecule has 6 heteroatoms. The number of H-pyrrole nitrogens is 1. The Morgan fingerprint density at radius 3 is 2.70 bits per heavy atom. The van der Waals surface area contributed by atoms with E-state index in [1.54, 1.807) is 18.0 Å². The average Bonchev–Trinajstić information content (AvgIpc) is 2.94. The highest BCUT2D eigenvalue weighted by molar-refractivity contribution is 7.71. The molecule has 23 heavy (non-hydrogen) atoms. The number of aromatic amines is 1. The van der Waals surface area contributed by atoms with Crippen LogP contribution < -0.4 is 4.74 Å². The number of ether oxygens (including phenoxy) is 1. The van der Waals surface area contributed by atoms with Crippen LogP contribution in [0.4, 0.5) is 0 Å². The summed E-state index contributed by atoms with van der Waals surface area (Å²) in [5.74, 6) is 1.49. The van der Waals surface area contributed by atoms with Crippen LogP contribution in [-0.4, -0.2) is 28.2 Å². The number of methoxy groups -OCH3 is 1. The van der Waals surface area contributed by atoms with Crippen LogP contribution in [0.25, 0.3) is 11.4 Å². The van der Waals surface area contributed by atoms with Crippen molar-refractivity contribution in [3.63, 3.8) is 0 Å². The Labute approximate surface area is 139 Å². The lowest BCUT2D eigenvalue weighted by atomic mass is 10.1. The Kier molecular flexibility index (Phi) is 4.34. The topological polar surface area (TPSA) is 55.2 Å². The first-order valence-electron chi connectivity index (χ1n) is 7.10. The number of rotatable bonds is 4. The Bertz CT molecular complexity index is 893. The molecule has 1 heterocycles. The molecule has 0 fully saturated rings. The van der Waals surface area contributed by atoms with Gasteiger partial charge < -0.3 is 4.74 Å². The third-order valence-electron chi connectivity index (χ3n) is 3.36. The zero-order chi connectivity index (χ0) is 16.2. The molecule has 0 aliphatic carbocycles. The molecule has 5 nitrogen and oxygen atoms in total. The van der Waals surface area contributed by atoms with Gasteiger partial charge in [-0.3, -0.25) is 0 Å². The summed E-state index contributed by atoms with van der Waals surface area (Å²) in [6, 6.07) is 15.7. The Morgan fingerprint density at radius 2 is 2.00 bits per heavy atom. The van der Waals surface area contributed by atoms with Gasteiger partial charge in [0, 0.05) is 5.56 Å². The maximum Gasteiger partial charge on any atom is 0.216 e. The van der Waals surface area contributed by atoms with Gasteiger partial charge in [-0.1, -0.05) is 23.8 Å². The van der Waals surface area contributed by atoms with Crippen LogP contribution >= 0.6 is 12.2 Å². The van der Waals surface area contributed by atoms with Gasteiger partial charge in [0.05, 0.1) is 13.3 Å². The zero-order valence-corrected chi connectivity index (χ0v) is 13.7. The van der Waals surface area contributed by atoms with Gasteiger partial charge in [0.2, 0.25) is 4.77 Å². The van der Waals surface area contributed by atoms with Gasteiger partial charge in [-0.05, 0) is 55.0 Å². The second-order valence-electron chi connectivity index (χ2n) is 5.05. The summed E-state index contributed by atoms with van der Waals surface area (Å²) in [6.07, 6.45) is 1.74. The van der Waals surface area contributed by atoms with E-state index < -0.39 is 0 Å². The van der Waals surface area contributed by atoms with Gasteiger partial charge in [0.1, 0.15) is 5.75 Å². The number of hydrogen-bond donors (Lipinski definition) is 1. The lowest BCUT2D eigenvalue weighted by molar-refractivity contribution is 0.415. The predicted octanol–water partition coefficient (Wildman–Crippen LogP) is 3.81. The van der Waals surface area contributed by atoms with E-state index in [2.05, 4.69) is 15.3 Å². The molecular weight excluding hydrogens is 308 g/mol. The normalized spacial score (nSPS) is 11.0. The summed E-state index contributed by atoms with van der Waals surface area (Å²) in [4.78, 5) is 0. The SMILES string of the molecule is COc1ccc(/C=N\n2c(-c3cccc(C)c3)n[nH]c2=S)cc1. The van der Waals surface area contributed by atoms with Crippen molar-refractivity contribution in [2.45, 2.75) is 6.92 Å². The van der Waals surface area contributed by atoms with E-state index in [0.29, 0.717) is 10.6 Å². The first-order chi connectivity index (χ1) is 11.2. The molecule has 0 unspecified atom stereocenters. The van der Waals surface area contributed by atoms with Crippen LogP contribution in [-0.2, 0) is 0 Å². The molecule has 3 rings (SSSR count). The number of nitrogens with zero attached hydrogens (tertiary/aromatic N) is 3. The first-order valence-corrected chi connectivity index (χ1v) is 7.51. The lowest BCUT2D eigenvalue weighted by Gasteiger charge is -2.02. The fourth-order valence-corrected chi connectivity index (χ4v) is 2.36. The quantitative estimate of drug-likeness (QED) is 0.586. The number of aryl methyl sites for hydroxylation is 1. The molecule has 0 radical (unpaired) electrons. The van der Waals surface area contributed by atoms with Crippen molar-refractivity contribution in [2.24, 2.45) is 5.10 Å². The van der Waals surface area contributed by atoms with E-state index in [0.717, 1.165) is 22.4 Å². The standard InChI is InChI=1S/C17H16N4OS/c1-12-4-3-5-14(10-12)16-19-20-17(23)21(16)18-11-13-6-8-15(22-2)9-7-13/h3-11H,1-2H3,(H,20,23)/b18-11-. The highest BCUT2D eigenvalue weighted by Crippen LogP contribution is 2.18. The lowest BCUT2D eigenvalue weighted by Crippen LogP contribution is -1.95. The fraction of sp³-hybridized carbons (Fsp3) is 0.118. The summed E-state index contributed by atoms with van der Waals surface area (Å²) >= 11 is 5.27. The van der Waals surface area contributed by atoms with E-state index in [1.165, 1.54) is 0 Å².